The molecule has 2 N–H and O–H groups in total. The molecule has 0 radical (unpaired) electrons. The molecule has 0 aliphatic carbocycles. The van der Waals surface area contributed by atoms with Gasteiger partial charge in [0, 0.05) is 5.56 Å². The van der Waals surface area contributed by atoms with E-state index in [1.807, 2.05) is 18.2 Å². The van der Waals surface area contributed by atoms with Crippen LogP contribution < -0.4 is 15.9 Å². The van der Waals surface area contributed by atoms with Crippen molar-refractivity contribution in [1.29, 1.82) is 0 Å². The molecule has 0 amide bonds. The van der Waals surface area contributed by atoms with Crippen LogP contribution in [0, 0.1) is 0 Å². The van der Waals surface area contributed by atoms with Gasteiger partial charge in [0.05, 0.1) is 0 Å². The first kappa shape index (κ1) is 18.3. The van der Waals surface area contributed by atoms with Gasteiger partial charge in [-0.1, -0.05) is 54.6 Å². The lowest BCUT2D eigenvalue weighted by molar-refractivity contribution is 0.456. The zero-order valence-corrected chi connectivity index (χ0v) is 16.3. The van der Waals surface area contributed by atoms with E-state index in [0.29, 0.717) is 6.16 Å². The SMILES string of the molecule is Oc1ccc(O)c(C[P+](c2ccccc2)(c2ccccc2)c2ccccc2)c1. The third-order valence-corrected chi connectivity index (χ3v) is 9.42. The number of phenolic OH excluding ortho intramolecular Hbond substituents is 2. The summed E-state index contributed by atoms with van der Waals surface area (Å²) in [7, 11) is -2.09. The van der Waals surface area contributed by atoms with Crippen molar-refractivity contribution in [2.24, 2.45) is 0 Å². The van der Waals surface area contributed by atoms with Crippen LogP contribution in [0.1, 0.15) is 5.56 Å². The Hall–Kier alpha value is -3.09. The molecule has 0 aliphatic rings. The Bertz CT molecular complexity index is 951. The van der Waals surface area contributed by atoms with E-state index in [1.54, 1.807) is 12.1 Å². The van der Waals surface area contributed by atoms with E-state index in [2.05, 4.69) is 72.8 Å². The molecule has 0 spiro atoms. The predicted molar refractivity (Wildman–Crippen MR) is 119 cm³/mol. The van der Waals surface area contributed by atoms with Gasteiger partial charge < -0.3 is 10.2 Å². The Morgan fingerprint density at radius 2 is 0.964 bits per heavy atom. The molecule has 0 heterocycles. The van der Waals surface area contributed by atoms with Gasteiger partial charge in [-0.15, -0.1) is 0 Å². The Morgan fingerprint density at radius 1 is 0.536 bits per heavy atom. The highest BCUT2D eigenvalue weighted by atomic mass is 31.2. The second-order valence-electron chi connectivity index (χ2n) is 6.79. The zero-order chi connectivity index (χ0) is 19.4. The van der Waals surface area contributed by atoms with Crippen LogP contribution >= 0.6 is 7.26 Å². The van der Waals surface area contributed by atoms with Gasteiger partial charge in [-0.25, -0.2) is 0 Å². The monoisotopic (exact) mass is 385 g/mol. The van der Waals surface area contributed by atoms with Crippen LogP contribution in [0.2, 0.25) is 0 Å². The first-order valence-corrected chi connectivity index (χ1v) is 11.2. The molecule has 0 aliphatic heterocycles. The second-order valence-corrected chi connectivity index (χ2v) is 10.3. The van der Waals surface area contributed by atoms with Gasteiger partial charge in [0.1, 0.15) is 40.8 Å². The van der Waals surface area contributed by atoms with E-state index < -0.39 is 7.26 Å². The molecule has 0 fully saturated rings. The average Bonchev–Trinajstić information content (AvgIpc) is 2.76. The van der Waals surface area contributed by atoms with Gasteiger partial charge >= 0.3 is 0 Å². The summed E-state index contributed by atoms with van der Waals surface area (Å²) in [4.78, 5) is 0. The van der Waals surface area contributed by atoms with Crippen LogP contribution in [0.25, 0.3) is 0 Å². The van der Waals surface area contributed by atoms with Crippen molar-refractivity contribution in [1.82, 2.24) is 0 Å². The normalized spacial score (nSPS) is 11.3. The van der Waals surface area contributed by atoms with Crippen molar-refractivity contribution >= 4 is 23.2 Å². The largest absolute Gasteiger partial charge is 0.508 e. The third kappa shape index (κ3) is 3.40. The molecule has 28 heavy (non-hydrogen) atoms. The molecular formula is C25H22O2P+. The van der Waals surface area contributed by atoms with Gasteiger partial charge in [-0.05, 0) is 54.6 Å². The van der Waals surface area contributed by atoms with Crippen LogP contribution in [0.15, 0.2) is 109 Å². The summed E-state index contributed by atoms with van der Waals surface area (Å²) in [5.41, 5.74) is 0.755. The van der Waals surface area contributed by atoms with Crippen LogP contribution in [0.4, 0.5) is 0 Å². The lowest BCUT2D eigenvalue weighted by atomic mass is 10.2. The van der Waals surface area contributed by atoms with Crippen molar-refractivity contribution in [2.45, 2.75) is 6.16 Å². The molecular weight excluding hydrogens is 363 g/mol. The maximum absolute atomic E-state index is 10.5. The van der Waals surface area contributed by atoms with E-state index in [0.717, 1.165) is 5.56 Å². The van der Waals surface area contributed by atoms with Gasteiger partial charge in [0.25, 0.3) is 0 Å². The summed E-state index contributed by atoms with van der Waals surface area (Å²) in [6, 6.07) is 36.3. The summed E-state index contributed by atoms with van der Waals surface area (Å²) in [5.74, 6) is 0.380. The van der Waals surface area contributed by atoms with Crippen LogP contribution in [0.3, 0.4) is 0 Å². The highest BCUT2D eigenvalue weighted by Crippen LogP contribution is 2.59. The fourth-order valence-electron chi connectivity index (χ4n) is 3.72. The molecule has 0 unspecified atom stereocenters. The highest BCUT2D eigenvalue weighted by molar-refractivity contribution is 7.95. The number of hydrogen-bond acceptors (Lipinski definition) is 2. The fraction of sp³-hybridized carbons (Fsp3) is 0.0400. The Morgan fingerprint density at radius 3 is 1.39 bits per heavy atom. The van der Waals surface area contributed by atoms with Crippen molar-refractivity contribution in [3.05, 3.63) is 115 Å². The summed E-state index contributed by atoms with van der Waals surface area (Å²) in [6.45, 7) is 0. The highest BCUT2D eigenvalue weighted by Gasteiger charge is 2.45. The average molecular weight is 385 g/mol. The fourth-order valence-corrected chi connectivity index (χ4v) is 7.97. The van der Waals surface area contributed by atoms with E-state index in [4.69, 9.17) is 0 Å². The molecule has 4 aromatic rings. The van der Waals surface area contributed by atoms with Crippen molar-refractivity contribution < 1.29 is 10.2 Å². The molecule has 4 aromatic carbocycles. The van der Waals surface area contributed by atoms with Crippen LogP contribution in [-0.4, -0.2) is 10.2 Å². The topological polar surface area (TPSA) is 40.5 Å². The number of rotatable bonds is 5. The molecule has 4 rings (SSSR count). The number of hydrogen-bond donors (Lipinski definition) is 2. The van der Waals surface area contributed by atoms with E-state index in [-0.39, 0.29) is 11.5 Å². The summed E-state index contributed by atoms with van der Waals surface area (Å²) in [6.07, 6.45) is 0.630. The molecule has 0 saturated carbocycles. The summed E-state index contributed by atoms with van der Waals surface area (Å²) >= 11 is 0. The Kier molecular flexibility index (Phi) is 5.14. The maximum atomic E-state index is 10.5. The lowest BCUT2D eigenvalue weighted by Crippen LogP contribution is -2.32. The van der Waals surface area contributed by atoms with Crippen molar-refractivity contribution in [3.63, 3.8) is 0 Å². The van der Waals surface area contributed by atoms with E-state index >= 15 is 0 Å². The molecule has 0 aromatic heterocycles. The zero-order valence-electron chi connectivity index (χ0n) is 15.4. The minimum atomic E-state index is -2.09. The molecule has 0 bridgehead atoms. The van der Waals surface area contributed by atoms with Crippen LogP contribution in [0.5, 0.6) is 11.5 Å². The number of aromatic hydroxyl groups is 2. The second kappa shape index (κ2) is 7.88. The first-order valence-electron chi connectivity index (χ1n) is 9.26. The third-order valence-electron chi connectivity index (χ3n) is 5.06. The number of phenols is 2. The Balaban J connectivity index is 2.02. The maximum Gasteiger partial charge on any atom is 0.122 e. The summed E-state index contributed by atoms with van der Waals surface area (Å²) in [5, 5.41) is 24.3. The molecule has 0 atom stereocenters. The molecule has 138 valence electrons. The van der Waals surface area contributed by atoms with Crippen molar-refractivity contribution in [3.8, 4) is 11.5 Å². The Labute approximate surface area is 166 Å². The van der Waals surface area contributed by atoms with Gasteiger partial charge in [-0.3, -0.25) is 0 Å². The predicted octanol–water partition coefficient (Wildman–Crippen LogP) is 4.59. The van der Waals surface area contributed by atoms with Crippen LogP contribution in [-0.2, 0) is 6.16 Å². The standard InChI is InChI=1S/C25H21O2P/c26-21-16-17-25(27)20(18-21)19-28(22-10-4-1-5-11-22,23-12-6-2-7-13-23)24-14-8-3-9-15-24/h1-18H,19H2,(H-,26,27)/p+1. The van der Waals surface area contributed by atoms with Gasteiger partial charge in [0.15, 0.2) is 0 Å². The quantitative estimate of drug-likeness (QED) is 0.390. The van der Waals surface area contributed by atoms with Gasteiger partial charge in [-0.2, -0.15) is 0 Å². The molecule has 0 saturated heterocycles. The minimum absolute atomic E-state index is 0.167. The smallest absolute Gasteiger partial charge is 0.122 e. The van der Waals surface area contributed by atoms with Crippen molar-refractivity contribution in [2.75, 3.05) is 0 Å². The first-order chi connectivity index (χ1) is 13.7. The number of benzene rings is 4. The summed E-state index contributed by atoms with van der Waals surface area (Å²) < 4.78 is 0. The minimum Gasteiger partial charge on any atom is -0.508 e. The van der Waals surface area contributed by atoms with E-state index in [1.165, 1.54) is 22.0 Å². The van der Waals surface area contributed by atoms with Gasteiger partial charge in [0.2, 0.25) is 0 Å². The lowest BCUT2D eigenvalue weighted by Gasteiger charge is -2.28. The molecule has 2 nitrogen and oxygen atoms in total. The van der Waals surface area contributed by atoms with E-state index in [9.17, 15) is 10.2 Å². The molecule has 3 heteroatoms.